The maximum absolute atomic E-state index is 12.1. The molecule has 2 fully saturated rings. The van der Waals surface area contributed by atoms with Crippen LogP contribution in [-0.2, 0) is 4.74 Å². The van der Waals surface area contributed by atoms with Crippen LogP contribution in [0.1, 0.15) is 23.5 Å². The van der Waals surface area contributed by atoms with Crippen molar-refractivity contribution < 1.29 is 9.53 Å². The van der Waals surface area contributed by atoms with E-state index in [0.717, 1.165) is 45.8 Å². The van der Waals surface area contributed by atoms with E-state index in [0.29, 0.717) is 11.9 Å². The minimum absolute atomic E-state index is 0.0609. The van der Waals surface area contributed by atoms with Gasteiger partial charge in [-0.15, -0.1) is 0 Å². The first-order valence-electron chi connectivity index (χ1n) is 6.81. The Kier molecular flexibility index (Phi) is 3.74. The second-order valence-electron chi connectivity index (χ2n) is 5.06. The Morgan fingerprint density at radius 3 is 2.89 bits per heavy atom. The number of hydrogen-bond acceptors (Lipinski definition) is 5. The van der Waals surface area contributed by atoms with Crippen LogP contribution in [0.5, 0.6) is 0 Å². The first-order chi connectivity index (χ1) is 9.33. The summed E-state index contributed by atoms with van der Waals surface area (Å²) in [5.74, 6) is 0.266. The van der Waals surface area contributed by atoms with Crippen molar-refractivity contribution in [2.24, 2.45) is 0 Å². The van der Waals surface area contributed by atoms with Crippen molar-refractivity contribution >= 4 is 5.91 Å². The van der Waals surface area contributed by atoms with Crippen molar-refractivity contribution in [3.63, 3.8) is 0 Å². The zero-order chi connectivity index (χ0) is 13.1. The Balaban J connectivity index is 1.47. The summed E-state index contributed by atoms with van der Waals surface area (Å²) in [6, 6.07) is 0. The Hall–Kier alpha value is -1.47. The molecule has 0 bridgehead atoms. The van der Waals surface area contributed by atoms with Crippen LogP contribution in [0.2, 0.25) is 0 Å². The molecule has 1 N–H and O–H groups in total. The molecule has 0 spiro atoms. The van der Waals surface area contributed by atoms with E-state index >= 15 is 0 Å². The van der Waals surface area contributed by atoms with E-state index in [4.69, 9.17) is 4.74 Å². The van der Waals surface area contributed by atoms with Gasteiger partial charge in [0, 0.05) is 39.3 Å². The highest BCUT2D eigenvalue weighted by atomic mass is 16.5. The third-order valence-electron chi connectivity index (χ3n) is 3.76. The summed E-state index contributed by atoms with van der Waals surface area (Å²) in [6.45, 7) is 5.18. The molecule has 0 saturated carbocycles. The molecule has 3 rings (SSSR count). The average molecular weight is 265 g/mol. The standard InChI is InChI=1S/C12H19N5O2/c18-12(11-13-9-14-15-11)17-5-3-16(4-6-17)8-10-2-1-7-19-10/h9-10H,1-8H2,(H,13,14,15). The molecule has 0 aliphatic carbocycles. The van der Waals surface area contributed by atoms with Crippen molar-refractivity contribution in [3.8, 4) is 0 Å². The molecule has 2 saturated heterocycles. The van der Waals surface area contributed by atoms with Gasteiger partial charge < -0.3 is 9.64 Å². The average Bonchev–Trinajstić information content (AvgIpc) is 3.12. The molecule has 7 heteroatoms. The van der Waals surface area contributed by atoms with Gasteiger partial charge in [-0.1, -0.05) is 0 Å². The highest BCUT2D eigenvalue weighted by Crippen LogP contribution is 2.14. The molecule has 3 heterocycles. The van der Waals surface area contributed by atoms with Crippen molar-refractivity contribution in [1.29, 1.82) is 0 Å². The van der Waals surface area contributed by atoms with Crippen LogP contribution in [0.25, 0.3) is 0 Å². The summed E-state index contributed by atoms with van der Waals surface area (Å²) < 4.78 is 5.64. The molecular weight excluding hydrogens is 246 g/mol. The topological polar surface area (TPSA) is 74.4 Å². The Morgan fingerprint density at radius 1 is 1.42 bits per heavy atom. The molecule has 2 aliphatic rings. The monoisotopic (exact) mass is 265 g/mol. The van der Waals surface area contributed by atoms with E-state index in [9.17, 15) is 4.79 Å². The van der Waals surface area contributed by atoms with Crippen molar-refractivity contribution in [3.05, 3.63) is 12.2 Å². The maximum Gasteiger partial charge on any atom is 0.291 e. The summed E-state index contributed by atoms with van der Waals surface area (Å²) >= 11 is 0. The van der Waals surface area contributed by atoms with Crippen LogP contribution in [-0.4, -0.2) is 76.3 Å². The van der Waals surface area contributed by atoms with Crippen LogP contribution in [0, 0.1) is 0 Å². The first-order valence-corrected chi connectivity index (χ1v) is 6.81. The van der Waals surface area contributed by atoms with E-state index in [2.05, 4.69) is 20.1 Å². The van der Waals surface area contributed by atoms with E-state index < -0.39 is 0 Å². The van der Waals surface area contributed by atoms with Gasteiger partial charge in [0.2, 0.25) is 5.82 Å². The van der Waals surface area contributed by atoms with Gasteiger partial charge in [0.05, 0.1) is 6.10 Å². The number of carbonyl (C=O) groups is 1. The summed E-state index contributed by atoms with van der Waals surface area (Å²) in [5.41, 5.74) is 0. The number of nitrogens with zero attached hydrogens (tertiary/aromatic N) is 4. The highest BCUT2D eigenvalue weighted by molar-refractivity contribution is 5.90. The fourth-order valence-electron chi connectivity index (χ4n) is 2.67. The number of aromatic nitrogens is 3. The summed E-state index contributed by atoms with van der Waals surface area (Å²) in [5, 5.41) is 6.33. The molecule has 104 valence electrons. The molecular formula is C12H19N5O2. The van der Waals surface area contributed by atoms with E-state index in [-0.39, 0.29) is 5.91 Å². The van der Waals surface area contributed by atoms with Gasteiger partial charge >= 0.3 is 0 Å². The Labute approximate surface area is 111 Å². The largest absolute Gasteiger partial charge is 0.377 e. The van der Waals surface area contributed by atoms with E-state index in [1.54, 1.807) is 0 Å². The molecule has 1 amide bonds. The number of rotatable bonds is 3. The number of aromatic amines is 1. The smallest absolute Gasteiger partial charge is 0.291 e. The van der Waals surface area contributed by atoms with Crippen LogP contribution < -0.4 is 0 Å². The molecule has 19 heavy (non-hydrogen) atoms. The van der Waals surface area contributed by atoms with Crippen molar-refractivity contribution in [2.75, 3.05) is 39.3 Å². The third-order valence-corrected chi connectivity index (χ3v) is 3.76. The van der Waals surface area contributed by atoms with Crippen molar-refractivity contribution in [2.45, 2.75) is 18.9 Å². The minimum atomic E-state index is -0.0609. The number of amides is 1. The molecule has 1 atom stereocenters. The molecule has 0 aromatic carbocycles. The van der Waals surface area contributed by atoms with E-state index in [1.165, 1.54) is 12.7 Å². The number of nitrogens with one attached hydrogen (secondary N) is 1. The fourth-order valence-corrected chi connectivity index (χ4v) is 2.67. The highest BCUT2D eigenvalue weighted by Gasteiger charge is 2.26. The molecule has 1 aromatic heterocycles. The lowest BCUT2D eigenvalue weighted by Gasteiger charge is -2.35. The SMILES string of the molecule is O=C(c1ncn[nH]1)N1CCN(CC2CCCO2)CC1. The quantitative estimate of drug-likeness (QED) is 0.815. The lowest BCUT2D eigenvalue weighted by molar-refractivity contribution is 0.0427. The van der Waals surface area contributed by atoms with Crippen LogP contribution in [0.4, 0.5) is 0 Å². The predicted octanol–water partition coefficient (Wildman–Crippen LogP) is -0.258. The molecule has 1 aromatic rings. The van der Waals surface area contributed by atoms with E-state index in [1.807, 2.05) is 4.90 Å². The Morgan fingerprint density at radius 2 is 2.26 bits per heavy atom. The van der Waals surface area contributed by atoms with Gasteiger partial charge in [0.1, 0.15) is 6.33 Å². The second kappa shape index (κ2) is 5.66. The molecule has 1 unspecified atom stereocenters. The van der Waals surface area contributed by atoms with Gasteiger partial charge in [-0.3, -0.25) is 14.8 Å². The fraction of sp³-hybridized carbons (Fsp3) is 0.750. The third kappa shape index (κ3) is 2.93. The normalized spacial score (nSPS) is 24.8. The van der Waals surface area contributed by atoms with Crippen LogP contribution >= 0.6 is 0 Å². The zero-order valence-corrected chi connectivity index (χ0v) is 10.9. The van der Waals surface area contributed by atoms with Gasteiger partial charge in [0.15, 0.2) is 0 Å². The first kappa shape index (κ1) is 12.6. The summed E-state index contributed by atoms with van der Waals surface area (Å²) in [7, 11) is 0. The zero-order valence-electron chi connectivity index (χ0n) is 10.9. The molecule has 2 aliphatic heterocycles. The lowest BCUT2D eigenvalue weighted by Crippen LogP contribution is -2.50. The van der Waals surface area contributed by atoms with Crippen LogP contribution in [0.15, 0.2) is 6.33 Å². The van der Waals surface area contributed by atoms with Crippen LogP contribution in [0.3, 0.4) is 0 Å². The van der Waals surface area contributed by atoms with Gasteiger partial charge in [-0.2, -0.15) is 5.10 Å². The Bertz CT molecular complexity index is 408. The van der Waals surface area contributed by atoms with Crippen molar-refractivity contribution in [1.82, 2.24) is 25.0 Å². The summed E-state index contributed by atoms with van der Waals surface area (Å²) in [4.78, 5) is 20.2. The number of piperazine rings is 1. The maximum atomic E-state index is 12.1. The van der Waals surface area contributed by atoms with Gasteiger partial charge in [-0.25, -0.2) is 4.98 Å². The predicted molar refractivity (Wildman–Crippen MR) is 67.7 cm³/mol. The second-order valence-corrected chi connectivity index (χ2v) is 5.06. The minimum Gasteiger partial charge on any atom is -0.377 e. The van der Waals surface area contributed by atoms with Gasteiger partial charge in [-0.05, 0) is 12.8 Å². The van der Waals surface area contributed by atoms with Gasteiger partial charge in [0.25, 0.3) is 5.91 Å². The summed E-state index contributed by atoms with van der Waals surface area (Å²) in [6.07, 6.45) is 4.09. The molecule has 7 nitrogen and oxygen atoms in total. The number of H-pyrrole nitrogens is 1. The number of carbonyl (C=O) groups excluding carboxylic acids is 1. The number of ether oxygens (including phenoxy) is 1. The lowest BCUT2D eigenvalue weighted by atomic mass is 10.2. The number of hydrogen-bond donors (Lipinski definition) is 1. The molecule has 0 radical (unpaired) electrons.